The van der Waals surface area contributed by atoms with Crippen molar-refractivity contribution in [3.05, 3.63) is 85.6 Å². The van der Waals surface area contributed by atoms with Crippen LogP contribution in [0.15, 0.2) is 85.6 Å². The predicted molar refractivity (Wildman–Crippen MR) is 118 cm³/mol. The predicted octanol–water partition coefficient (Wildman–Crippen LogP) is 5.23. The van der Waals surface area contributed by atoms with Crippen LogP contribution >= 0.6 is 0 Å². The number of fused-ring (bicyclic) bond motifs is 2. The molecule has 2 N–H and O–H groups in total. The first-order valence-electron chi connectivity index (χ1n) is 9.64. The third-order valence-corrected chi connectivity index (χ3v) is 5.30. The van der Waals surface area contributed by atoms with Crippen molar-refractivity contribution in [2.45, 2.75) is 0 Å². The number of pyridine rings is 3. The topological polar surface area (TPSA) is 83.1 Å². The van der Waals surface area contributed by atoms with E-state index in [2.05, 4.69) is 60.5 Å². The molecular weight excluding hydrogens is 372 g/mol. The summed E-state index contributed by atoms with van der Waals surface area (Å²) in [5, 5.41) is 9.83. The zero-order chi connectivity index (χ0) is 19.9. The van der Waals surface area contributed by atoms with Gasteiger partial charge in [-0.3, -0.25) is 20.1 Å². The Labute approximate surface area is 171 Å². The first-order chi connectivity index (χ1) is 14.9. The van der Waals surface area contributed by atoms with Crippen LogP contribution in [-0.4, -0.2) is 30.1 Å². The van der Waals surface area contributed by atoms with Gasteiger partial charge >= 0.3 is 0 Å². The molecule has 0 amide bonds. The smallest absolute Gasteiger partial charge is 0.116 e. The second-order valence-corrected chi connectivity index (χ2v) is 7.12. The zero-order valence-electron chi connectivity index (χ0n) is 15.9. The Balaban J connectivity index is 1.52. The number of nitrogens with one attached hydrogen (secondary N) is 2. The van der Waals surface area contributed by atoms with Gasteiger partial charge in [-0.2, -0.15) is 5.10 Å². The molecular formula is C24H16N6. The van der Waals surface area contributed by atoms with Crippen LogP contribution < -0.4 is 0 Å². The largest absolute Gasteiger partial charge is 0.353 e. The lowest BCUT2D eigenvalue weighted by atomic mass is 10.0. The lowest BCUT2D eigenvalue weighted by Crippen LogP contribution is -1.84. The fourth-order valence-electron chi connectivity index (χ4n) is 3.85. The molecule has 142 valence electrons. The van der Waals surface area contributed by atoms with Gasteiger partial charge in [-0.25, -0.2) is 0 Å². The molecule has 0 aliphatic carbocycles. The van der Waals surface area contributed by atoms with Crippen molar-refractivity contribution in [2.24, 2.45) is 0 Å². The van der Waals surface area contributed by atoms with E-state index in [4.69, 9.17) is 0 Å². The van der Waals surface area contributed by atoms with Crippen molar-refractivity contribution in [1.82, 2.24) is 30.1 Å². The molecule has 6 nitrogen and oxygen atoms in total. The van der Waals surface area contributed by atoms with Gasteiger partial charge < -0.3 is 4.98 Å². The van der Waals surface area contributed by atoms with Crippen LogP contribution in [0.1, 0.15) is 0 Å². The van der Waals surface area contributed by atoms with Crippen molar-refractivity contribution in [1.29, 1.82) is 0 Å². The molecule has 5 aromatic heterocycles. The first kappa shape index (κ1) is 16.6. The van der Waals surface area contributed by atoms with E-state index in [1.165, 1.54) is 0 Å². The van der Waals surface area contributed by atoms with Crippen LogP contribution in [0.25, 0.3) is 55.6 Å². The van der Waals surface area contributed by atoms with Gasteiger partial charge in [0.15, 0.2) is 0 Å². The Morgan fingerprint density at radius 1 is 0.633 bits per heavy atom. The van der Waals surface area contributed by atoms with Crippen LogP contribution in [0.4, 0.5) is 0 Å². The van der Waals surface area contributed by atoms with Gasteiger partial charge in [-0.1, -0.05) is 12.1 Å². The number of H-pyrrole nitrogens is 2. The number of hydrogen-bond acceptors (Lipinski definition) is 4. The monoisotopic (exact) mass is 388 g/mol. The Morgan fingerprint density at radius 2 is 1.43 bits per heavy atom. The molecule has 0 bridgehead atoms. The van der Waals surface area contributed by atoms with E-state index >= 15 is 0 Å². The highest BCUT2D eigenvalue weighted by atomic mass is 15.1. The molecule has 1 aromatic carbocycles. The SMILES string of the molecule is c1cncc(-c2ccc3[nH]nc(-c4cc5c(-c6cccnc6)nccc5[nH]4)c3c2)c1. The summed E-state index contributed by atoms with van der Waals surface area (Å²) in [5.74, 6) is 0. The van der Waals surface area contributed by atoms with Gasteiger partial charge in [0, 0.05) is 58.4 Å². The minimum Gasteiger partial charge on any atom is -0.353 e. The van der Waals surface area contributed by atoms with Crippen LogP contribution in [0.2, 0.25) is 0 Å². The molecule has 0 atom stereocenters. The van der Waals surface area contributed by atoms with E-state index in [9.17, 15) is 0 Å². The summed E-state index contributed by atoms with van der Waals surface area (Å²) in [6.07, 6.45) is 9.06. The van der Waals surface area contributed by atoms with E-state index in [0.717, 1.165) is 55.6 Å². The number of benzene rings is 1. The fraction of sp³-hybridized carbons (Fsp3) is 0. The normalized spacial score (nSPS) is 11.3. The van der Waals surface area contributed by atoms with Crippen LogP contribution in [0, 0.1) is 0 Å². The molecule has 0 unspecified atom stereocenters. The number of rotatable bonds is 3. The average molecular weight is 388 g/mol. The van der Waals surface area contributed by atoms with Crippen molar-refractivity contribution < 1.29 is 0 Å². The van der Waals surface area contributed by atoms with Gasteiger partial charge in [-0.15, -0.1) is 0 Å². The highest BCUT2D eigenvalue weighted by Crippen LogP contribution is 2.34. The summed E-state index contributed by atoms with van der Waals surface area (Å²) in [5.41, 5.74) is 7.89. The Kier molecular flexibility index (Phi) is 3.67. The molecule has 0 aliphatic rings. The molecule has 6 rings (SSSR count). The van der Waals surface area contributed by atoms with Gasteiger partial charge in [0.25, 0.3) is 0 Å². The second kappa shape index (κ2) is 6.63. The summed E-state index contributed by atoms with van der Waals surface area (Å²) in [7, 11) is 0. The van der Waals surface area contributed by atoms with Gasteiger partial charge in [0.05, 0.1) is 16.9 Å². The standard InChI is InChI=1S/C24H16N6/c1-3-16(13-25-8-1)15-5-6-21-18(11-15)24(30-29-21)22-12-19-20(28-22)7-10-27-23(19)17-4-2-9-26-14-17/h1-14,28H,(H,29,30). The Bertz CT molecular complexity index is 1480. The third kappa shape index (κ3) is 2.66. The lowest BCUT2D eigenvalue weighted by molar-refractivity contribution is 1.12. The Hall–Kier alpha value is -4.32. The molecule has 6 aromatic rings. The second-order valence-electron chi connectivity index (χ2n) is 7.12. The van der Waals surface area contributed by atoms with E-state index in [0.29, 0.717) is 0 Å². The maximum absolute atomic E-state index is 4.59. The maximum Gasteiger partial charge on any atom is 0.116 e. The summed E-state index contributed by atoms with van der Waals surface area (Å²) in [4.78, 5) is 16.6. The van der Waals surface area contributed by atoms with Gasteiger partial charge in [0.2, 0.25) is 0 Å². The zero-order valence-corrected chi connectivity index (χ0v) is 15.9. The molecule has 0 radical (unpaired) electrons. The molecule has 5 heterocycles. The molecule has 0 aliphatic heterocycles. The van der Waals surface area contributed by atoms with E-state index in [-0.39, 0.29) is 0 Å². The van der Waals surface area contributed by atoms with E-state index in [1.807, 2.05) is 42.9 Å². The molecule has 0 spiro atoms. The summed E-state index contributed by atoms with van der Waals surface area (Å²) in [6.45, 7) is 0. The van der Waals surface area contributed by atoms with Crippen LogP contribution in [0.5, 0.6) is 0 Å². The number of aromatic nitrogens is 6. The number of hydrogen-bond donors (Lipinski definition) is 2. The fourth-order valence-corrected chi connectivity index (χ4v) is 3.85. The molecule has 0 saturated carbocycles. The first-order valence-corrected chi connectivity index (χ1v) is 9.64. The minimum atomic E-state index is 0.879. The van der Waals surface area contributed by atoms with Crippen LogP contribution in [0.3, 0.4) is 0 Å². The average Bonchev–Trinajstić information content (AvgIpc) is 3.43. The quantitative estimate of drug-likeness (QED) is 0.435. The highest BCUT2D eigenvalue weighted by Gasteiger charge is 2.15. The Morgan fingerprint density at radius 3 is 2.23 bits per heavy atom. The van der Waals surface area contributed by atoms with Crippen molar-refractivity contribution in [3.63, 3.8) is 0 Å². The summed E-state index contributed by atoms with van der Waals surface area (Å²) in [6, 6.07) is 18.3. The van der Waals surface area contributed by atoms with Crippen molar-refractivity contribution in [2.75, 3.05) is 0 Å². The van der Waals surface area contributed by atoms with Crippen LogP contribution in [-0.2, 0) is 0 Å². The molecule has 30 heavy (non-hydrogen) atoms. The highest BCUT2D eigenvalue weighted by molar-refractivity contribution is 6.00. The summed E-state index contributed by atoms with van der Waals surface area (Å²) >= 11 is 0. The van der Waals surface area contributed by atoms with E-state index < -0.39 is 0 Å². The van der Waals surface area contributed by atoms with Gasteiger partial charge in [0.1, 0.15) is 5.69 Å². The lowest BCUT2D eigenvalue weighted by Gasteiger charge is -2.01. The molecule has 0 saturated heterocycles. The van der Waals surface area contributed by atoms with Crippen molar-refractivity contribution >= 4 is 21.8 Å². The number of nitrogens with zero attached hydrogens (tertiary/aromatic N) is 4. The number of aromatic amines is 2. The molecule has 6 heteroatoms. The van der Waals surface area contributed by atoms with Crippen molar-refractivity contribution in [3.8, 4) is 33.8 Å². The van der Waals surface area contributed by atoms with E-state index in [1.54, 1.807) is 12.4 Å². The van der Waals surface area contributed by atoms with Gasteiger partial charge in [-0.05, 0) is 48.0 Å². The summed E-state index contributed by atoms with van der Waals surface area (Å²) < 4.78 is 0. The third-order valence-electron chi connectivity index (χ3n) is 5.30. The molecule has 0 fully saturated rings. The maximum atomic E-state index is 4.59. The minimum absolute atomic E-state index is 0.879.